The molecule has 2 amide bonds. The molecule has 0 saturated carbocycles. The summed E-state index contributed by atoms with van der Waals surface area (Å²) in [7, 11) is 0. The molecule has 148 valence electrons. The molecule has 0 spiro atoms. The summed E-state index contributed by atoms with van der Waals surface area (Å²) in [6.45, 7) is 0. The molecule has 3 aromatic carbocycles. The lowest BCUT2D eigenvalue weighted by atomic mass is 10.2. The number of carbonyl (C=O) groups is 2. The maximum absolute atomic E-state index is 12.7. The monoisotopic (exact) mass is 416 g/mol. The number of hydrogen-bond acceptors (Lipinski definition) is 3. The highest BCUT2D eigenvalue weighted by Crippen LogP contribution is 2.23. The number of rotatable bonds is 5. The third-order valence-corrected chi connectivity index (χ3v) is 4.65. The van der Waals surface area contributed by atoms with Crippen LogP contribution in [0, 0.1) is 0 Å². The van der Waals surface area contributed by atoms with Crippen molar-refractivity contribution >= 4 is 34.8 Å². The van der Waals surface area contributed by atoms with Gasteiger partial charge in [-0.2, -0.15) is 5.10 Å². The van der Waals surface area contributed by atoms with Crippen LogP contribution in [0.3, 0.4) is 0 Å². The molecule has 1 aromatic heterocycles. The van der Waals surface area contributed by atoms with E-state index in [2.05, 4.69) is 15.7 Å². The Morgan fingerprint density at radius 3 is 1.93 bits per heavy atom. The van der Waals surface area contributed by atoms with Gasteiger partial charge in [-0.15, -0.1) is 0 Å². The summed E-state index contributed by atoms with van der Waals surface area (Å²) >= 11 is 5.87. The van der Waals surface area contributed by atoms with Gasteiger partial charge in [-0.1, -0.05) is 41.9 Å². The summed E-state index contributed by atoms with van der Waals surface area (Å²) in [5.74, 6) is -0.629. The minimum atomic E-state index is -0.328. The zero-order valence-corrected chi connectivity index (χ0v) is 16.5. The van der Waals surface area contributed by atoms with E-state index in [1.54, 1.807) is 59.4 Å². The summed E-state index contributed by atoms with van der Waals surface area (Å²) in [5.41, 5.74) is 2.69. The zero-order valence-electron chi connectivity index (χ0n) is 15.7. The van der Waals surface area contributed by atoms with Crippen LogP contribution in [0.15, 0.2) is 91.3 Å². The first kappa shape index (κ1) is 19.4. The molecular formula is C23H17ClN4O2. The quantitative estimate of drug-likeness (QED) is 0.479. The predicted molar refractivity (Wildman–Crippen MR) is 117 cm³/mol. The molecule has 0 fully saturated rings. The van der Waals surface area contributed by atoms with Crippen LogP contribution >= 0.6 is 11.6 Å². The van der Waals surface area contributed by atoms with E-state index in [0.717, 1.165) is 5.69 Å². The van der Waals surface area contributed by atoms with Crippen molar-refractivity contribution in [1.29, 1.82) is 0 Å². The second kappa shape index (κ2) is 8.63. The molecule has 0 saturated heterocycles. The van der Waals surface area contributed by atoms with Gasteiger partial charge < -0.3 is 10.6 Å². The molecule has 0 aliphatic rings. The number of carbonyl (C=O) groups excluding carboxylic acids is 2. The Balaban J connectivity index is 1.50. The first-order valence-electron chi connectivity index (χ1n) is 9.17. The minimum Gasteiger partial charge on any atom is -0.320 e. The van der Waals surface area contributed by atoms with Crippen molar-refractivity contribution in [2.45, 2.75) is 0 Å². The van der Waals surface area contributed by atoms with E-state index in [4.69, 9.17) is 11.6 Å². The van der Waals surface area contributed by atoms with E-state index in [1.807, 2.05) is 30.3 Å². The molecule has 6 nitrogen and oxygen atoms in total. The summed E-state index contributed by atoms with van der Waals surface area (Å²) in [5, 5.41) is 10.4. The number of halogens is 1. The second-order valence-corrected chi connectivity index (χ2v) is 6.91. The Hall–Kier alpha value is -3.90. The van der Waals surface area contributed by atoms with Crippen LogP contribution in [-0.2, 0) is 0 Å². The van der Waals surface area contributed by atoms with Crippen molar-refractivity contribution in [2.75, 3.05) is 10.6 Å². The molecule has 0 bridgehead atoms. The molecule has 2 N–H and O–H groups in total. The molecule has 30 heavy (non-hydrogen) atoms. The number of aromatic nitrogens is 2. The maximum atomic E-state index is 12.7. The number of amides is 2. The molecule has 0 aliphatic carbocycles. The Labute approximate surface area is 178 Å². The Kier molecular flexibility index (Phi) is 5.59. The van der Waals surface area contributed by atoms with Gasteiger partial charge in [0.2, 0.25) is 0 Å². The van der Waals surface area contributed by atoms with Crippen LogP contribution in [0.1, 0.15) is 20.7 Å². The van der Waals surface area contributed by atoms with Crippen LogP contribution < -0.4 is 10.6 Å². The molecule has 0 aliphatic heterocycles. The topological polar surface area (TPSA) is 76.0 Å². The summed E-state index contributed by atoms with van der Waals surface area (Å²) < 4.78 is 1.63. The number of benzene rings is 3. The van der Waals surface area contributed by atoms with Crippen molar-refractivity contribution in [3.05, 3.63) is 107 Å². The van der Waals surface area contributed by atoms with E-state index in [-0.39, 0.29) is 11.8 Å². The third-order valence-electron chi connectivity index (χ3n) is 4.40. The van der Waals surface area contributed by atoms with E-state index in [9.17, 15) is 9.59 Å². The summed E-state index contributed by atoms with van der Waals surface area (Å²) in [6, 6.07) is 23.1. The molecule has 0 radical (unpaired) electrons. The first-order chi connectivity index (χ1) is 14.6. The van der Waals surface area contributed by atoms with Gasteiger partial charge in [-0.05, 0) is 48.5 Å². The van der Waals surface area contributed by atoms with Crippen LogP contribution in [0.2, 0.25) is 5.02 Å². The van der Waals surface area contributed by atoms with Crippen molar-refractivity contribution in [2.24, 2.45) is 0 Å². The Morgan fingerprint density at radius 2 is 1.30 bits per heavy atom. The second-order valence-electron chi connectivity index (χ2n) is 6.47. The highest BCUT2D eigenvalue weighted by atomic mass is 35.5. The van der Waals surface area contributed by atoms with E-state index >= 15 is 0 Å². The van der Waals surface area contributed by atoms with Crippen molar-refractivity contribution in [3.63, 3.8) is 0 Å². The smallest absolute Gasteiger partial charge is 0.258 e. The fraction of sp³-hybridized carbons (Fsp3) is 0. The van der Waals surface area contributed by atoms with Gasteiger partial charge in [-0.25, -0.2) is 4.68 Å². The van der Waals surface area contributed by atoms with Crippen LogP contribution in [-0.4, -0.2) is 21.6 Å². The van der Waals surface area contributed by atoms with Gasteiger partial charge in [0.25, 0.3) is 11.8 Å². The van der Waals surface area contributed by atoms with Crippen LogP contribution in [0.4, 0.5) is 11.4 Å². The number of hydrogen-bond donors (Lipinski definition) is 2. The van der Waals surface area contributed by atoms with Crippen molar-refractivity contribution in [1.82, 2.24) is 9.78 Å². The lowest BCUT2D eigenvalue weighted by molar-refractivity contribution is 0.101. The molecule has 0 unspecified atom stereocenters. The van der Waals surface area contributed by atoms with E-state index in [0.29, 0.717) is 27.5 Å². The van der Waals surface area contributed by atoms with Gasteiger partial charge in [0, 0.05) is 16.8 Å². The van der Waals surface area contributed by atoms with Gasteiger partial charge >= 0.3 is 0 Å². The minimum absolute atomic E-state index is 0.301. The van der Waals surface area contributed by atoms with Gasteiger partial charge in [-0.3, -0.25) is 9.59 Å². The Bertz CT molecular complexity index is 1190. The van der Waals surface area contributed by atoms with Crippen molar-refractivity contribution in [3.8, 4) is 5.69 Å². The number of nitrogens with zero attached hydrogens (tertiary/aromatic N) is 2. The molecule has 4 rings (SSSR count). The highest BCUT2D eigenvalue weighted by Gasteiger charge is 2.14. The molecule has 1 heterocycles. The summed E-state index contributed by atoms with van der Waals surface area (Å²) in [4.78, 5) is 25.2. The first-order valence-corrected chi connectivity index (χ1v) is 9.55. The summed E-state index contributed by atoms with van der Waals surface area (Å²) in [6.07, 6.45) is 3.15. The van der Waals surface area contributed by atoms with Gasteiger partial charge in [0.05, 0.1) is 28.8 Å². The number of anilines is 2. The maximum Gasteiger partial charge on any atom is 0.258 e. The number of para-hydroxylation sites is 3. The zero-order chi connectivity index (χ0) is 20.9. The lowest BCUT2D eigenvalue weighted by Gasteiger charge is -2.12. The Morgan fingerprint density at radius 1 is 0.733 bits per heavy atom. The van der Waals surface area contributed by atoms with Gasteiger partial charge in [0.1, 0.15) is 0 Å². The molecule has 4 aromatic rings. The largest absolute Gasteiger partial charge is 0.320 e. The fourth-order valence-corrected chi connectivity index (χ4v) is 2.98. The van der Waals surface area contributed by atoms with Crippen LogP contribution in [0.25, 0.3) is 5.69 Å². The lowest BCUT2D eigenvalue weighted by Crippen LogP contribution is -2.16. The van der Waals surface area contributed by atoms with E-state index < -0.39 is 0 Å². The normalized spacial score (nSPS) is 10.4. The average molecular weight is 417 g/mol. The standard InChI is InChI=1S/C23H17ClN4O2/c24-18-12-10-16(11-13-18)22(29)26-20-8-4-5-9-21(20)27-23(30)17-14-25-28(15-17)19-6-2-1-3-7-19/h1-15H,(H,26,29)(H,27,30). The average Bonchev–Trinajstić information content (AvgIpc) is 3.27. The van der Waals surface area contributed by atoms with Crippen LogP contribution in [0.5, 0.6) is 0 Å². The van der Waals surface area contributed by atoms with Gasteiger partial charge in [0.15, 0.2) is 0 Å². The SMILES string of the molecule is O=C(Nc1ccccc1NC(=O)c1cnn(-c2ccccc2)c1)c1ccc(Cl)cc1. The van der Waals surface area contributed by atoms with Crippen molar-refractivity contribution < 1.29 is 9.59 Å². The number of nitrogens with one attached hydrogen (secondary N) is 2. The third kappa shape index (κ3) is 4.39. The van der Waals surface area contributed by atoms with E-state index in [1.165, 1.54) is 6.20 Å². The molecule has 7 heteroatoms. The molecule has 0 atom stereocenters. The highest BCUT2D eigenvalue weighted by molar-refractivity contribution is 6.30. The predicted octanol–water partition coefficient (Wildman–Crippen LogP) is 5.03. The fourth-order valence-electron chi connectivity index (χ4n) is 2.85. The molecular weight excluding hydrogens is 400 g/mol.